The molecule has 0 bridgehead atoms. The molecule has 148 valence electrons. The maximum absolute atomic E-state index is 10.5. The first kappa shape index (κ1) is 28.0. The molecule has 0 atom stereocenters. The molecule has 0 spiro atoms. The Kier molecular flexibility index (Phi) is 20.8. The first-order valence-corrected chi connectivity index (χ1v) is 8.95. The number of amides is 2. The van der Waals surface area contributed by atoms with Crippen LogP contribution >= 0.6 is 0 Å². The number of carbonyl (C=O) groups excluding carboxylic acids is 2. The van der Waals surface area contributed by atoms with Crippen LogP contribution in [0, 0.1) is 0 Å². The largest absolute Gasteiger partial charge is 0.444 e. The van der Waals surface area contributed by atoms with Crippen molar-refractivity contribution in [2.75, 3.05) is 13.6 Å². The molecule has 0 fully saturated rings. The van der Waals surface area contributed by atoms with Gasteiger partial charge in [0.15, 0.2) is 0 Å². The van der Waals surface area contributed by atoms with E-state index in [4.69, 9.17) is 4.74 Å². The summed E-state index contributed by atoms with van der Waals surface area (Å²) in [5.41, 5.74) is 0.967. The minimum absolute atomic E-state index is 0.0680. The Morgan fingerprint density at radius 3 is 1.92 bits per heavy atom. The number of hydrogen-bond acceptors (Lipinski definition) is 3. The molecule has 2 N–H and O–H groups in total. The summed E-state index contributed by atoms with van der Waals surface area (Å²) < 4.78 is 4.84. The third kappa shape index (κ3) is 39.2. The molecule has 0 aromatic carbocycles. The second-order valence-electron chi connectivity index (χ2n) is 6.67. The van der Waals surface area contributed by atoms with Crippen LogP contribution in [0.25, 0.3) is 0 Å². The van der Waals surface area contributed by atoms with Gasteiger partial charge in [-0.25, -0.2) is 4.79 Å². The van der Waals surface area contributed by atoms with Crippen LogP contribution in [0.2, 0.25) is 0 Å². The molecule has 0 unspecified atom stereocenters. The average molecular weight is 357 g/mol. The summed E-state index contributed by atoms with van der Waals surface area (Å²) in [5.74, 6) is 0.0680. The highest BCUT2D eigenvalue weighted by atomic mass is 16.6. The van der Waals surface area contributed by atoms with Gasteiger partial charge in [0.1, 0.15) is 5.60 Å². The van der Waals surface area contributed by atoms with Gasteiger partial charge < -0.3 is 15.4 Å². The number of nitrogens with one attached hydrogen (secondary N) is 2. The molecule has 0 saturated carbocycles. The van der Waals surface area contributed by atoms with E-state index in [0.29, 0.717) is 0 Å². The van der Waals surface area contributed by atoms with Crippen LogP contribution in [-0.2, 0) is 9.53 Å². The molecule has 5 heteroatoms. The van der Waals surface area contributed by atoms with Crippen molar-refractivity contribution in [3.63, 3.8) is 0 Å². The average Bonchev–Trinajstić information content (AvgIpc) is 2.46. The highest BCUT2D eigenvalue weighted by Crippen LogP contribution is 2.05. The van der Waals surface area contributed by atoms with Crippen LogP contribution in [0.3, 0.4) is 0 Å². The van der Waals surface area contributed by atoms with Gasteiger partial charge in [-0.1, -0.05) is 44.1 Å². The minimum atomic E-state index is -0.389. The molecule has 0 aliphatic carbocycles. The number of allylic oxidation sites excluding steroid dienone is 4. The van der Waals surface area contributed by atoms with Gasteiger partial charge in [0.2, 0.25) is 5.91 Å². The molecule has 0 radical (unpaired) electrons. The fourth-order valence-electron chi connectivity index (χ4n) is 1.17. The third-order valence-corrected chi connectivity index (χ3v) is 2.31. The second-order valence-corrected chi connectivity index (χ2v) is 6.67. The molecule has 0 aliphatic heterocycles. The van der Waals surface area contributed by atoms with Crippen molar-refractivity contribution in [1.29, 1.82) is 0 Å². The quantitative estimate of drug-likeness (QED) is 0.539. The van der Waals surface area contributed by atoms with Gasteiger partial charge in [0.05, 0.1) is 0 Å². The third-order valence-electron chi connectivity index (χ3n) is 2.31. The van der Waals surface area contributed by atoms with Crippen molar-refractivity contribution in [2.45, 2.75) is 80.3 Å². The van der Waals surface area contributed by atoms with E-state index in [1.807, 2.05) is 20.8 Å². The Morgan fingerprint density at radius 1 is 1.08 bits per heavy atom. The van der Waals surface area contributed by atoms with E-state index >= 15 is 0 Å². The topological polar surface area (TPSA) is 67.4 Å². The van der Waals surface area contributed by atoms with Crippen molar-refractivity contribution in [1.82, 2.24) is 10.6 Å². The summed E-state index contributed by atoms with van der Waals surface area (Å²) in [4.78, 5) is 20.7. The number of unbranched alkanes of at least 4 members (excludes halogenated alkanes) is 1. The molecule has 0 aromatic rings. The Labute approximate surface area is 155 Å². The van der Waals surface area contributed by atoms with Crippen LogP contribution in [-0.4, -0.2) is 31.2 Å². The maximum atomic E-state index is 10.5. The lowest BCUT2D eigenvalue weighted by atomic mass is 10.2. The van der Waals surface area contributed by atoms with Crippen LogP contribution in [0.1, 0.15) is 74.7 Å². The molecule has 0 rings (SSSR count). The van der Waals surface area contributed by atoms with E-state index in [-0.39, 0.29) is 17.6 Å². The van der Waals surface area contributed by atoms with Crippen molar-refractivity contribution in [2.24, 2.45) is 0 Å². The Hall–Kier alpha value is -1.78. The van der Waals surface area contributed by atoms with E-state index in [2.05, 4.69) is 56.6 Å². The van der Waals surface area contributed by atoms with Gasteiger partial charge >= 0.3 is 6.09 Å². The standard InChI is InChI=1S/C8H14.C6H13NO2.C6H13NO/c1-4-5-6-7-8(2)3;1-6(2,3)9-5(8)7-4;1-3-4-5-7-6(2)8/h5-7H,4H2,1-3H3;1-4H3,(H,7,8);3-5H2,1-2H3,(H,7,8)/b6-5-;;. The molecule has 2 amide bonds. The lowest BCUT2D eigenvalue weighted by Gasteiger charge is -2.18. The lowest BCUT2D eigenvalue weighted by Crippen LogP contribution is -2.30. The zero-order valence-corrected chi connectivity index (χ0v) is 17.8. The Bertz CT molecular complexity index is 390. The van der Waals surface area contributed by atoms with Crippen molar-refractivity contribution < 1.29 is 14.3 Å². The fraction of sp³-hybridized carbons (Fsp3) is 0.700. The summed E-state index contributed by atoms with van der Waals surface area (Å²) in [5, 5.41) is 5.07. The van der Waals surface area contributed by atoms with Gasteiger partial charge in [0.25, 0.3) is 0 Å². The first-order valence-electron chi connectivity index (χ1n) is 8.95. The van der Waals surface area contributed by atoms with E-state index in [1.165, 1.54) is 19.5 Å². The molecule has 5 nitrogen and oxygen atoms in total. The van der Waals surface area contributed by atoms with Crippen molar-refractivity contribution in [3.05, 3.63) is 23.8 Å². The van der Waals surface area contributed by atoms with Crippen LogP contribution in [0.5, 0.6) is 0 Å². The first-order chi connectivity index (χ1) is 11.5. The number of ether oxygens (including phenoxy) is 1. The van der Waals surface area contributed by atoms with Crippen LogP contribution in [0.15, 0.2) is 23.8 Å². The molecular weight excluding hydrogens is 316 g/mol. The van der Waals surface area contributed by atoms with Gasteiger partial charge in [-0.2, -0.15) is 0 Å². The SMILES string of the molecule is CC/C=C\C=C(C)C.CCCCNC(C)=O.CNC(=O)OC(C)(C)C. The summed E-state index contributed by atoms with van der Waals surface area (Å²) >= 11 is 0. The zero-order chi connectivity index (χ0) is 20.3. The molecule has 0 aliphatic rings. The summed E-state index contributed by atoms with van der Waals surface area (Å²) in [6.07, 6.45) is 9.32. The maximum Gasteiger partial charge on any atom is 0.407 e. The Morgan fingerprint density at radius 2 is 1.64 bits per heavy atom. The van der Waals surface area contributed by atoms with E-state index in [1.54, 1.807) is 0 Å². The summed E-state index contributed by atoms with van der Waals surface area (Å²) in [7, 11) is 1.54. The van der Waals surface area contributed by atoms with Gasteiger partial charge in [-0.05, 0) is 47.5 Å². The summed E-state index contributed by atoms with van der Waals surface area (Å²) in [6.45, 7) is 16.3. The van der Waals surface area contributed by atoms with Gasteiger partial charge in [-0.15, -0.1) is 0 Å². The highest BCUT2D eigenvalue weighted by molar-refractivity contribution is 5.72. The van der Waals surface area contributed by atoms with Crippen LogP contribution in [0.4, 0.5) is 4.79 Å². The van der Waals surface area contributed by atoms with Crippen molar-refractivity contribution in [3.8, 4) is 0 Å². The van der Waals surface area contributed by atoms with Crippen molar-refractivity contribution >= 4 is 12.0 Å². The molecular formula is C20H40N2O3. The highest BCUT2D eigenvalue weighted by Gasteiger charge is 2.13. The van der Waals surface area contributed by atoms with Crippen LogP contribution < -0.4 is 10.6 Å². The predicted octanol–water partition coefficient (Wildman–Crippen LogP) is 4.98. The number of carbonyl (C=O) groups is 2. The summed E-state index contributed by atoms with van der Waals surface area (Å²) in [6, 6.07) is 0. The fourth-order valence-corrected chi connectivity index (χ4v) is 1.17. The predicted molar refractivity (Wildman–Crippen MR) is 108 cm³/mol. The minimum Gasteiger partial charge on any atom is -0.444 e. The van der Waals surface area contributed by atoms with Gasteiger partial charge in [-0.3, -0.25) is 4.79 Å². The van der Waals surface area contributed by atoms with E-state index in [9.17, 15) is 9.59 Å². The number of alkyl carbamates (subject to hydrolysis) is 1. The molecule has 0 saturated heterocycles. The zero-order valence-electron chi connectivity index (χ0n) is 17.8. The molecule has 25 heavy (non-hydrogen) atoms. The number of hydrogen-bond donors (Lipinski definition) is 2. The monoisotopic (exact) mass is 356 g/mol. The van der Waals surface area contributed by atoms with E-state index < -0.39 is 0 Å². The number of rotatable bonds is 5. The van der Waals surface area contributed by atoms with Gasteiger partial charge in [0, 0.05) is 20.5 Å². The molecule has 0 heterocycles. The smallest absolute Gasteiger partial charge is 0.407 e. The van der Waals surface area contributed by atoms with E-state index in [0.717, 1.165) is 25.8 Å². The second kappa shape index (κ2) is 18.6. The lowest BCUT2D eigenvalue weighted by molar-refractivity contribution is -0.118. The Balaban J connectivity index is -0.000000291. The normalized spacial score (nSPS) is 9.80. The molecule has 0 aromatic heterocycles.